The van der Waals surface area contributed by atoms with Gasteiger partial charge in [0.25, 0.3) is 5.91 Å². The molecule has 1 aliphatic rings. The monoisotopic (exact) mass is 431 g/mol. The normalized spacial score (nSPS) is 14.4. The average Bonchev–Trinajstić information content (AvgIpc) is 3.16. The van der Waals surface area contributed by atoms with Crippen molar-refractivity contribution in [2.45, 2.75) is 38.6 Å². The van der Waals surface area contributed by atoms with Gasteiger partial charge in [-0.05, 0) is 48.6 Å². The van der Waals surface area contributed by atoms with Gasteiger partial charge in [-0.15, -0.1) is 0 Å². The molecule has 7 heteroatoms. The summed E-state index contributed by atoms with van der Waals surface area (Å²) in [4.78, 5) is 24.6. The predicted molar refractivity (Wildman–Crippen MR) is 126 cm³/mol. The van der Waals surface area contributed by atoms with Crippen molar-refractivity contribution >= 4 is 28.6 Å². The van der Waals surface area contributed by atoms with Gasteiger partial charge in [0, 0.05) is 35.1 Å². The van der Waals surface area contributed by atoms with Crippen molar-refractivity contribution in [3.8, 4) is 0 Å². The van der Waals surface area contributed by atoms with E-state index in [9.17, 15) is 9.59 Å². The van der Waals surface area contributed by atoms with E-state index in [1.165, 1.54) is 19.3 Å². The third-order valence-corrected chi connectivity index (χ3v) is 6.30. The molecule has 2 aromatic carbocycles. The minimum Gasteiger partial charge on any atom is -0.384 e. The number of nitrogens with two attached hydrogens (primary N) is 2. The molecular weight excluding hydrogens is 402 g/mol. The van der Waals surface area contributed by atoms with Gasteiger partial charge < -0.3 is 21.4 Å². The van der Waals surface area contributed by atoms with Crippen LogP contribution in [0.25, 0.3) is 10.9 Å². The highest BCUT2D eigenvalue weighted by Gasteiger charge is 2.19. The standard InChI is InChI=1S/C25H29N5O2/c26-23(27)20-11-10-19-12-22(25(32)29-14-16-4-2-1-3-5-16)30(21(19)13-20)15-17-6-8-18(9-7-17)24(28)31/h6-13,16H,1-5,14-15H2,(H3,26,27)(H2,28,31)(H,29,32). The van der Waals surface area contributed by atoms with Gasteiger partial charge in [0.05, 0.1) is 0 Å². The molecule has 6 N–H and O–H groups in total. The lowest BCUT2D eigenvalue weighted by molar-refractivity contribution is 0.0934. The molecule has 0 unspecified atom stereocenters. The summed E-state index contributed by atoms with van der Waals surface area (Å²) in [6.45, 7) is 1.13. The van der Waals surface area contributed by atoms with Crippen molar-refractivity contribution in [1.82, 2.24) is 9.88 Å². The Morgan fingerprint density at radius 3 is 2.31 bits per heavy atom. The number of amides is 2. The van der Waals surface area contributed by atoms with E-state index < -0.39 is 5.91 Å². The van der Waals surface area contributed by atoms with E-state index in [4.69, 9.17) is 16.9 Å². The Labute approximate surface area is 187 Å². The van der Waals surface area contributed by atoms with Gasteiger partial charge in [-0.3, -0.25) is 15.0 Å². The zero-order valence-electron chi connectivity index (χ0n) is 18.1. The smallest absolute Gasteiger partial charge is 0.267 e. The van der Waals surface area contributed by atoms with Gasteiger partial charge in [0.1, 0.15) is 11.5 Å². The first-order chi connectivity index (χ1) is 15.4. The predicted octanol–water partition coefficient (Wildman–Crippen LogP) is 3.38. The molecule has 0 aliphatic heterocycles. The van der Waals surface area contributed by atoms with Gasteiger partial charge in [-0.25, -0.2) is 0 Å². The maximum absolute atomic E-state index is 13.2. The van der Waals surface area contributed by atoms with Crippen LogP contribution in [0, 0.1) is 11.3 Å². The largest absolute Gasteiger partial charge is 0.384 e. The Morgan fingerprint density at radius 2 is 1.66 bits per heavy atom. The number of carbonyl (C=O) groups excluding carboxylic acids is 2. The average molecular weight is 432 g/mol. The molecule has 1 aliphatic carbocycles. The van der Waals surface area contributed by atoms with Crippen LogP contribution in [0.1, 0.15) is 64.1 Å². The molecule has 0 spiro atoms. The SMILES string of the molecule is N=C(N)c1ccc2cc(C(=O)NCC3CCCCC3)n(Cc3ccc(C(N)=O)cc3)c2c1. The summed E-state index contributed by atoms with van der Waals surface area (Å²) in [5, 5.41) is 11.8. The summed E-state index contributed by atoms with van der Waals surface area (Å²) in [5.41, 5.74) is 14.4. The van der Waals surface area contributed by atoms with Gasteiger partial charge in [-0.2, -0.15) is 0 Å². The van der Waals surface area contributed by atoms with Crippen molar-refractivity contribution < 1.29 is 9.59 Å². The zero-order chi connectivity index (χ0) is 22.7. The molecule has 0 bridgehead atoms. The summed E-state index contributed by atoms with van der Waals surface area (Å²) in [6.07, 6.45) is 6.08. The Kier molecular flexibility index (Phi) is 6.25. The first kappa shape index (κ1) is 21.6. The molecule has 0 atom stereocenters. The second-order valence-electron chi connectivity index (χ2n) is 8.58. The van der Waals surface area contributed by atoms with Gasteiger partial charge in [0.2, 0.25) is 5.91 Å². The van der Waals surface area contributed by atoms with Crippen LogP contribution in [-0.2, 0) is 6.54 Å². The van der Waals surface area contributed by atoms with E-state index in [0.717, 1.165) is 29.3 Å². The molecule has 32 heavy (non-hydrogen) atoms. The summed E-state index contributed by atoms with van der Waals surface area (Å²) >= 11 is 0. The quantitative estimate of drug-likeness (QED) is 0.338. The number of nitrogens with zero attached hydrogens (tertiary/aromatic N) is 1. The summed E-state index contributed by atoms with van der Waals surface area (Å²) < 4.78 is 1.94. The van der Waals surface area contributed by atoms with Gasteiger partial charge >= 0.3 is 0 Å². The number of nitrogen functional groups attached to an aromatic ring is 1. The number of primary amides is 1. The lowest BCUT2D eigenvalue weighted by Crippen LogP contribution is -2.31. The lowest BCUT2D eigenvalue weighted by Gasteiger charge is -2.22. The van der Waals surface area contributed by atoms with Crippen LogP contribution >= 0.6 is 0 Å². The van der Waals surface area contributed by atoms with Gasteiger partial charge in [-0.1, -0.05) is 43.5 Å². The Bertz CT molecular complexity index is 1160. The topological polar surface area (TPSA) is 127 Å². The molecule has 4 rings (SSSR count). The fraction of sp³-hybridized carbons (Fsp3) is 0.320. The number of benzene rings is 2. The van der Waals surface area contributed by atoms with Crippen LogP contribution in [0.15, 0.2) is 48.5 Å². The van der Waals surface area contributed by atoms with Crippen LogP contribution in [0.2, 0.25) is 0 Å². The number of rotatable bonds is 7. The minimum absolute atomic E-state index is 0.0197. The van der Waals surface area contributed by atoms with Crippen molar-refractivity contribution in [3.05, 3.63) is 70.9 Å². The number of nitrogens with one attached hydrogen (secondary N) is 2. The molecule has 7 nitrogen and oxygen atoms in total. The highest BCUT2D eigenvalue weighted by atomic mass is 16.2. The molecule has 166 valence electrons. The molecule has 1 heterocycles. The highest BCUT2D eigenvalue weighted by molar-refractivity contribution is 6.02. The Hall–Kier alpha value is -3.61. The molecule has 0 saturated heterocycles. The lowest BCUT2D eigenvalue weighted by atomic mass is 9.89. The first-order valence-electron chi connectivity index (χ1n) is 11.1. The number of carbonyl (C=O) groups is 2. The fourth-order valence-corrected chi connectivity index (χ4v) is 4.46. The van der Waals surface area contributed by atoms with E-state index in [-0.39, 0.29) is 11.7 Å². The third kappa shape index (κ3) is 4.66. The van der Waals surface area contributed by atoms with Crippen molar-refractivity contribution in [1.29, 1.82) is 5.41 Å². The van der Waals surface area contributed by atoms with Crippen LogP contribution < -0.4 is 16.8 Å². The second kappa shape index (κ2) is 9.26. The van der Waals surface area contributed by atoms with Gasteiger partial charge in [0.15, 0.2) is 0 Å². The van der Waals surface area contributed by atoms with E-state index >= 15 is 0 Å². The van der Waals surface area contributed by atoms with Crippen LogP contribution in [0.3, 0.4) is 0 Å². The van der Waals surface area contributed by atoms with Crippen molar-refractivity contribution in [3.63, 3.8) is 0 Å². The highest BCUT2D eigenvalue weighted by Crippen LogP contribution is 2.25. The fourth-order valence-electron chi connectivity index (χ4n) is 4.46. The molecular formula is C25H29N5O2. The van der Waals surface area contributed by atoms with Crippen molar-refractivity contribution in [2.75, 3.05) is 6.54 Å². The molecule has 1 saturated carbocycles. The third-order valence-electron chi connectivity index (χ3n) is 6.30. The minimum atomic E-state index is -0.475. The number of amidine groups is 1. The van der Waals surface area contributed by atoms with E-state index in [1.807, 2.05) is 34.9 Å². The molecule has 0 radical (unpaired) electrons. The maximum atomic E-state index is 13.2. The number of hydrogen-bond acceptors (Lipinski definition) is 3. The molecule has 1 aromatic heterocycles. The van der Waals surface area contributed by atoms with Crippen LogP contribution in [0.5, 0.6) is 0 Å². The molecule has 1 fully saturated rings. The van der Waals surface area contributed by atoms with Crippen LogP contribution in [-0.4, -0.2) is 28.8 Å². The van der Waals surface area contributed by atoms with E-state index in [2.05, 4.69) is 5.32 Å². The Morgan fingerprint density at radius 1 is 0.969 bits per heavy atom. The Balaban J connectivity index is 1.66. The first-order valence-corrected chi connectivity index (χ1v) is 11.1. The summed E-state index contributed by atoms with van der Waals surface area (Å²) in [6, 6.07) is 14.5. The molecule has 2 amide bonds. The van der Waals surface area contributed by atoms with E-state index in [0.29, 0.717) is 35.8 Å². The van der Waals surface area contributed by atoms with E-state index in [1.54, 1.807) is 18.2 Å². The summed E-state index contributed by atoms with van der Waals surface area (Å²) in [5.74, 6) is -0.0632. The van der Waals surface area contributed by atoms with Crippen LogP contribution in [0.4, 0.5) is 0 Å². The summed E-state index contributed by atoms with van der Waals surface area (Å²) in [7, 11) is 0. The second-order valence-corrected chi connectivity index (χ2v) is 8.58. The number of hydrogen-bond donors (Lipinski definition) is 4. The zero-order valence-corrected chi connectivity index (χ0v) is 18.1. The van der Waals surface area contributed by atoms with Crippen molar-refractivity contribution in [2.24, 2.45) is 17.4 Å². The number of fused-ring (bicyclic) bond motifs is 1. The molecule has 3 aromatic rings. The maximum Gasteiger partial charge on any atom is 0.267 e. The number of aromatic nitrogens is 1.